The van der Waals surface area contributed by atoms with Gasteiger partial charge < -0.3 is 20.1 Å². The highest BCUT2D eigenvalue weighted by Gasteiger charge is 2.04. The molecule has 0 saturated carbocycles. The lowest BCUT2D eigenvalue weighted by Gasteiger charge is -2.13. The average molecular weight is 280 g/mol. The smallest absolute Gasteiger partial charge is 0.223 e. The number of nitrogens with one attached hydrogen (secondary N) is 2. The highest BCUT2D eigenvalue weighted by molar-refractivity contribution is 5.76. The van der Waals surface area contributed by atoms with Crippen LogP contribution in [0.3, 0.4) is 0 Å². The van der Waals surface area contributed by atoms with Crippen LogP contribution in [0.5, 0.6) is 11.5 Å². The molecule has 1 rings (SSSR count). The van der Waals surface area contributed by atoms with Crippen LogP contribution in [0.15, 0.2) is 24.3 Å². The number of rotatable bonds is 9. The second-order valence-electron chi connectivity index (χ2n) is 4.54. The van der Waals surface area contributed by atoms with Crippen molar-refractivity contribution in [3.8, 4) is 11.5 Å². The molecule has 1 aromatic rings. The van der Waals surface area contributed by atoms with E-state index >= 15 is 0 Å². The maximum absolute atomic E-state index is 11.6. The number of carbonyl (C=O) groups is 1. The van der Waals surface area contributed by atoms with Crippen LogP contribution in [-0.4, -0.2) is 38.8 Å². The Morgan fingerprint density at radius 2 is 1.90 bits per heavy atom. The Hall–Kier alpha value is -1.75. The standard InChI is InChI=1S/C15H24N2O3/c1-4-16-12(2)11-17-15(18)9-10-20-14-7-5-13(19-3)6-8-14/h5-8,12,16H,4,9-11H2,1-3H3,(H,17,18)/t12-/m1/s1. The molecule has 112 valence electrons. The van der Waals surface area contributed by atoms with Gasteiger partial charge in [-0.1, -0.05) is 6.92 Å². The van der Waals surface area contributed by atoms with Crippen molar-refractivity contribution < 1.29 is 14.3 Å². The first kappa shape index (κ1) is 16.3. The topological polar surface area (TPSA) is 59.6 Å². The van der Waals surface area contributed by atoms with Crippen molar-refractivity contribution in [2.45, 2.75) is 26.3 Å². The highest BCUT2D eigenvalue weighted by Crippen LogP contribution is 2.16. The lowest BCUT2D eigenvalue weighted by molar-refractivity contribution is -0.121. The third-order valence-electron chi connectivity index (χ3n) is 2.82. The molecule has 2 N–H and O–H groups in total. The Balaban J connectivity index is 2.17. The van der Waals surface area contributed by atoms with Gasteiger partial charge in [0.05, 0.1) is 20.1 Å². The first-order valence-electron chi connectivity index (χ1n) is 6.92. The summed E-state index contributed by atoms with van der Waals surface area (Å²) in [5, 5.41) is 6.11. The molecule has 1 aromatic carbocycles. The summed E-state index contributed by atoms with van der Waals surface area (Å²) in [4.78, 5) is 11.6. The monoisotopic (exact) mass is 280 g/mol. The van der Waals surface area contributed by atoms with E-state index in [-0.39, 0.29) is 11.9 Å². The van der Waals surface area contributed by atoms with E-state index in [1.54, 1.807) is 7.11 Å². The molecule has 0 unspecified atom stereocenters. The molecule has 0 aliphatic carbocycles. The van der Waals surface area contributed by atoms with Gasteiger partial charge in [-0.15, -0.1) is 0 Å². The normalized spacial score (nSPS) is 11.8. The summed E-state index contributed by atoms with van der Waals surface area (Å²) in [5.74, 6) is 1.52. The Kier molecular flexibility index (Phi) is 7.50. The van der Waals surface area contributed by atoms with Crippen LogP contribution < -0.4 is 20.1 Å². The predicted octanol–water partition coefficient (Wildman–Crippen LogP) is 1.58. The van der Waals surface area contributed by atoms with Gasteiger partial charge in [-0.05, 0) is 37.7 Å². The minimum Gasteiger partial charge on any atom is -0.497 e. The van der Waals surface area contributed by atoms with Crippen molar-refractivity contribution in [3.05, 3.63) is 24.3 Å². The molecule has 0 saturated heterocycles. The number of hydrogen-bond donors (Lipinski definition) is 2. The van der Waals surface area contributed by atoms with Gasteiger partial charge in [0.25, 0.3) is 0 Å². The fourth-order valence-corrected chi connectivity index (χ4v) is 1.71. The Morgan fingerprint density at radius 3 is 2.50 bits per heavy atom. The molecule has 20 heavy (non-hydrogen) atoms. The second-order valence-corrected chi connectivity index (χ2v) is 4.54. The van der Waals surface area contributed by atoms with E-state index in [0.29, 0.717) is 19.6 Å². The van der Waals surface area contributed by atoms with Crippen LogP contribution in [0.25, 0.3) is 0 Å². The highest BCUT2D eigenvalue weighted by atomic mass is 16.5. The third-order valence-corrected chi connectivity index (χ3v) is 2.82. The van der Waals surface area contributed by atoms with Crippen molar-refractivity contribution in [3.63, 3.8) is 0 Å². The average Bonchev–Trinajstić information content (AvgIpc) is 2.46. The number of benzene rings is 1. The van der Waals surface area contributed by atoms with Crippen molar-refractivity contribution in [2.75, 3.05) is 26.8 Å². The molecule has 0 spiro atoms. The van der Waals surface area contributed by atoms with E-state index in [4.69, 9.17) is 9.47 Å². The molecule has 0 aliphatic heterocycles. The quantitative estimate of drug-likeness (QED) is 0.721. The lowest BCUT2D eigenvalue weighted by Crippen LogP contribution is -2.39. The van der Waals surface area contributed by atoms with E-state index in [1.165, 1.54) is 0 Å². The summed E-state index contributed by atoms with van der Waals surface area (Å²) in [6.45, 7) is 5.99. The summed E-state index contributed by atoms with van der Waals surface area (Å²) in [5.41, 5.74) is 0. The SMILES string of the molecule is CCN[C@H](C)CNC(=O)CCOc1ccc(OC)cc1. The van der Waals surface area contributed by atoms with E-state index in [9.17, 15) is 4.79 Å². The fraction of sp³-hybridized carbons (Fsp3) is 0.533. The summed E-state index contributed by atoms with van der Waals surface area (Å²) >= 11 is 0. The number of ether oxygens (including phenoxy) is 2. The van der Waals surface area contributed by atoms with E-state index in [2.05, 4.69) is 10.6 Å². The minimum atomic E-state index is 0.00302. The molecule has 5 nitrogen and oxygen atoms in total. The zero-order valence-electron chi connectivity index (χ0n) is 12.4. The minimum absolute atomic E-state index is 0.00302. The molecule has 0 fully saturated rings. The molecule has 1 atom stereocenters. The van der Waals surface area contributed by atoms with Crippen LogP contribution in [0, 0.1) is 0 Å². The number of hydrogen-bond acceptors (Lipinski definition) is 4. The van der Waals surface area contributed by atoms with Crippen molar-refractivity contribution in [1.29, 1.82) is 0 Å². The molecule has 0 heterocycles. The van der Waals surface area contributed by atoms with Gasteiger partial charge in [0.15, 0.2) is 0 Å². The summed E-state index contributed by atoms with van der Waals surface area (Å²) < 4.78 is 10.6. The van der Waals surface area contributed by atoms with Gasteiger partial charge in [-0.25, -0.2) is 0 Å². The van der Waals surface area contributed by atoms with Crippen LogP contribution in [-0.2, 0) is 4.79 Å². The fourth-order valence-electron chi connectivity index (χ4n) is 1.71. The maximum Gasteiger partial charge on any atom is 0.223 e. The Labute approximate surface area is 120 Å². The second kappa shape index (κ2) is 9.20. The Bertz CT molecular complexity index is 393. The largest absolute Gasteiger partial charge is 0.497 e. The third kappa shape index (κ3) is 6.43. The van der Waals surface area contributed by atoms with Crippen molar-refractivity contribution in [1.82, 2.24) is 10.6 Å². The van der Waals surface area contributed by atoms with Crippen molar-refractivity contribution >= 4 is 5.91 Å². The summed E-state index contributed by atoms with van der Waals surface area (Å²) in [7, 11) is 1.62. The van der Waals surface area contributed by atoms with Crippen LogP contribution in [0.2, 0.25) is 0 Å². The van der Waals surface area contributed by atoms with Gasteiger partial charge in [-0.2, -0.15) is 0 Å². The number of carbonyl (C=O) groups excluding carboxylic acids is 1. The first-order chi connectivity index (χ1) is 9.65. The van der Waals surface area contributed by atoms with Gasteiger partial charge in [0.1, 0.15) is 11.5 Å². The molecule has 0 aromatic heterocycles. The van der Waals surface area contributed by atoms with Gasteiger partial charge in [-0.3, -0.25) is 4.79 Å². The van der Waals surface area contributed by atoms with Gasteiger partial charge in [0, 0.05) is 12.6 Å². The number of amides is 1. The number of methoxy groups -OCH3 is 1. The van der Waals surface area contributed by atoms with Gasteiger partial charge >= 0.3 is 0 Å². The van der Waals surface area contributed by atoms with E-state index in [0.717, 1.165) is 18.0 Å². The summed E-state index contributed by atoms with van der Waals surface area (Å²) in [6, 6.07) is 7.58. The molecule has 1 amide bonds. The lowest BCUT2D eigenvalue weighted by atomic mass is 10.3. The van der Waals surface area contributed by atoms with E-state index in [1.807, 2.05) is 38.1 Å². The van der Waals surface area contributed by atoms with Crippen LogP contribution >= 0.6 is 0 Å². The summed E-state index contributed by atoms with van der Waals surface area (Å²) in [6.07, 6.45) is 0.352. The van der Waals surface area contributed by atoms with Gasteiger partial charge in [0.2, 0.25) is 5.91 Å². The van der Waals surface area contributed by atoms with Crippen molar-refractivity contribution in [2.24, 2.45) is 0 Å². The first-order valence-corrected chi connectivity index (χ1v) is 6.92. The molecule has 0 radical (unpaired) electrons. The molecule has 0 aliphatic rings. The Morgan fingerprint density at radius 1 is 1.25 bits per heavy atom. The molecular formula is C15H24N2O3. The zero-order valence-corrected chi connectivity index (χ0v) is 12.4. The number of likely N-dealkylation sites (N-methyl/N-ethyl adjacent to an activating group) is 1. The maximum atomic E-state index is 11.6. The molecular weight excluding hydrogens is 256 g/mol. The zero-order chi connectivity index (χ0) is 14.8. The van der Waals surface area contributed by atoms with E-state index < -0.39 is 0 Å². The molecule has 5 heteroatoms. The predicted molar refractivity (Wildman–Crippen MR) is 79.3 cm³/mol. The molecule has 0 bridgehead atoms. The van der Waals surface area contributed by atoms with Crippen LogP contribution in [0.4, 0.5) is 0 Å². The van der Waals surface area contributed by atoms with Crippen LogP contribution in [0.1, 0.15) is 20.3 Å².